The van der Waals surface area contributed by atoms with Crippen molar-refractivity contribution in [2.24, 2.45) is 5.41 Å². The Kier molecular flexibility index (Phi) is 5.86. The normalized spacial score (nSPS) is 15.6. The smallest absolute Gasteiger partial charge is 0.122 e. The Bertz CT molecular complexity index is 426. The minimum absolute atomic E-state index is 0.144. The first-order chi connectivity index (χ1) is 9.55. The molecule has 2 nitrogen and oxygen atoms in total. The molecule has 0 saturated carbocycles. The van der Waals surface area contributed by atoms with E-state index in [1.807, 2.05) is 26.0 Å². The largest absolute Gasteiger partial charge is 0.488 e. The van der Waals surface area contributed by atoms with Crippen LogP contribution in [-0.2, 0) is 5.41 Å². The van der Waals surface area contributed by atoms with Crippen LogP contribution in [0.25, 0.3) is 0 Å². The van der Waals surface area contributed by atoms with E-state index in [-0.39, 0.29) is 11.5 Å². The van der Waals surface area contributed by atoms with E-state index in [0.717, 1.165) is 12.2 Å². The van der Waals surface area contributed by atoms with Gasteiger partial charge in [0.1, 0.15) is 11.9 Å². The van der Waals surface area contributed by atoms with E-state index in [9.17, 15) is 5.11 Å². The second kappa shape index (κ2) is 6.83. The van der Waals surface area contributed by atoms with Gasteiger partial charge in [0.05, 0.1) is 6.10 Å². The van der Waals surface area contributed by atoms with E-state index in [2.05, 4.69) is 46.8 Å². The van der Waals surface area contributed by atoms with Crippen LogP contribution >= 0.6 is 0 Å². The minimum atomic E-state index is -0.415. The zero-order valence-corrected chi connectivity index (χ0v) is 14.7. The van der Waals surface area contributed by atoms with E-state index in [4.69, 9.17) is 4.74 Å². The Balaban J connectivity index is 2.78. The van der Waals surface area contributed by atoms with Crippen LogP contribution in [0.15, 0.2) is 24.3 Å². The highest BCUT2D eigenvalue weighted by Crippen LogP contribution is 2.36. The predicted octanol–water partition coefficient (Wildman–Crippen LogP) is 4.94. The maximum atomic E-state index is 9.77. The molecule has 2 unspecified atom stereocenters. The lowest BCUT2D eigenvalue weighted by Gasteiger charge is -2.33. The molecule has 0 heterocycles. The van der Waals surface area contributed by atoms with Gasteiger partial charge >= 0.3 is 0 Å². The van der Waals surface area contributed by atoms with Crippen molar-refractivity contribution in [3.05, 3.63) is 29.8 Å². The molecule has 1 aromatic rings. The fourth-order valence-electron chi connectivity index (χ4n) is 3.04. The van der Waals surface area contributed by atoms with Gasteiger partial charge in [-0.3, -0.25) is 0 Å². The Morgan fingerprint density at radius 1 is 1.05 bits per heavy atom. The molecule has 0 aromatic heterocycles. The third kappa shape index (κ3) is 5.70. The minimum Gasteiger partial charge on any atom is -0.488 e. The van der Waals surface area contributed by atoms with Gasteiger partial charge in [-0.15, -0.1) is 0 Å². The molecule has 21 heavy (non-hydrogen) atoms. The summed E-state index contributed by atoms with van der Waals surface area (Å²) in [5.74, 6) is 0.824. The summed E-state index contributed by atoms with van der Waals surface area (Å²) in [4.78, 5) is 0. The van der Waals surface area contributed by atoms with Crippen LogP contribution in [0.5, 0.6) is 5.75 Å². The number of aliphatic hydroxyl groups is 1. The maximum Gasteiger partial charge on any atom is 0.122 e. The molecule has 1 aromatic carbocycles. The van der Waals surface area contributed by atoms with Crippen LogP contribution in [0, 0.1) is 5.41 Å². The summed E-state index contributed by atoms with van der Waals surface area (Å²) in [5, 5.41) is 9.77. The van der Waals surface area contributed by atoms with Gasteiger partial charge in [-0.25, -0.2) is 0 Å². The molecule has 0 fully saturated rings. The predicted molar refractivity (Wildman–Crippen MR) is 89.9 cm³/mol. The summed E-state index contributed by atoms with van der Waals surface area (Å²) in [6.45, 7) is 15.3. The van der Waals surface area contributed by atoms with Crippen LogP contribution in [0.4, 0.5) is 0 Å². The van der Waals surface area contributed by atoms with Gasteiger partial charge in [-0.1, -0.05) is 53.7 Å². The van der Waals surface area contributed by atoms with E-state index in [1.165, 1.54) is 5.56 Å². The Morgan fingerprint density at radius 3 is 2.00 bits per heavy atom. The molecule has 0 aliphatic rings. The van der Waals surface area contributed by atoms with Crippen molar-refractivity contribution >= 4 is 0 Å². The Morgan fingerprint density at radius 2 is 1.57 bits per heavy atom. The van der Waals surface area contributed by atoms with Gasteiger partial charge in [0, 0.05) is 0 Å². The second-order valence-corrected chi connectivity index (χ2v) is 7.94. The van der Waals surface area contributed by atoms with Crippen LogP contribution in [-0.4, -0.2) is 17.3 Å². The topological polar surface area (TPSA) is 29.5 Å². The lowest BCUT2D eigenvalue weighted by atomic mass is 9.72. The molecule has 2 heteroatoms. The number of benzene rings is 1. The van der Waals surface area contributed by atoms with E-state index in [1.54, 1.807) is 0 Å². The van der Waals surface area contributed by atoms with Gasteiger partial charge in [-0.05, 0) is 48.3 Å². The van der Waals surface area contributed by atoms with E-state index in [0.29, 0.717) is 11.8 Å². The third-order valence-corrected chi connectivity index (χ3v) is 3.89. The number of rotatable bonds is 6. The van der Waals surface area contributed by atoms with Gasteiger partial charge < -0.3 is 9.84 Å². The number of aliphatic hydroxyl groups excluding tert-OH is 1. The average Bonchev–Trinajstić information content (AvgIpc) is 2.35. The first-order valence-electron chi connectivity index (χ1n) is 8.00. The molecule has 0 spiro atoms. The first kappa shape index (κ1) is 18.0. The van der Waals surface area contributed by atoms with Crippen molar-refractivity contribution < 1.29 is 9.84 Å². The summed E-state index contributed by atoms with van der Waals surface area (Å²) in [7, 11) is 0. The molecule has 0 aliphatic heterocycles. The van der Waals surface area contributed by atoms with Crippen LogP contribution in [0.3, 0.4) is 0 Å². The van der Waals surface area contributed by atoms with Crippen LogP contribution in [0.1, 0.15) is 66.9 Å². The number of hydrogen-bond donors (Lipinski definition) is 1. The van der Waals surface area contributed by atoms with Crippen molar-refractivity contribution in [3.8, 4) is 5.75 Å². The molecule has 0 saturated heterocycles. The third-order valence-electron chi connectivity index (χ3n) is 3.89. The Labute approximate surface area is 130 Å². The quantitative estimate of drug-likeness (QED) is 0.805. The zero-order valence-electron chi connectivity index (χ0n) is 14.7. The second-order valence-electron chi connectivity index (χ2n) is 7.94. The number of hydrogen-bond acceptors (Lipinski definition) is 2. The molecule has 0 bridgehead atoms. The van der Waals surface area contributed by atoms with Crippen molar-refractivity contribution in [1.82, 2.24) is 0 Å². The molecule has 1 N–H and O–H groups in total. The van der Waals surface area contributed by atoms with Gasteiger partial charge in [0.2, 0.25) is 0 Å². The van der Waals surface area contributed by atoms with Gasteiger partial charge in [0.25, 0.3) is 0 Å². The summed E-state index contributed by atoms with van der Waals surface area (Å²) >= 11 is 0. The maximum absolute atomic E-state index is 9.77. The molecule has 1 rings (SSSR count). The van der Waals surface area contributed by atoms with E-state index < -0.39 is 6.10 Å². The number of ether oxygens (including phenoxy) is 1. The molecular weight excluding hydrogens is 260 g/mol. The molecule has 2 atom stereocenters. The molecule has 0 aliphatic carbocycles. The van der Waals surface area contributed by atoms with Crippen molar-refractivity contribution in [1.29, 1.82) is 0 Å². The van der Waals surface area contributed by atoms with Crippen LogP contribution in [0.2, 0.25) is 0 Å². The molecule has 0 radical (unpaired) electrons. The van der Waals surface area contributed by atoms with Crippen molar-refractivity contribution in [3.63, 3.8) is 0 Å². The molecule has 0 amide bonds. The van der Waals surface area contributed by atoms with Crippen molar-refractivity contribution in [2.75, 3.05) is 0 Å². The van der Waals surface area contributed by atoms with Gasteiger partial charge in [0.15, 0.2) is 0 Å². The first-order valence-corrected chi connectivity index (χ1v) is 8.00. The fourth-order valence-corrected chi connectivity index (χ4v) is 3.04. The van der Waals surface area contributed by atoms with Crippen LogP contribution < -0.4 is 4.74 Å². The van der Waals surface area contributed by atoms with Crippen molar-refractivity contribution in [2.45, 2.75) is 78.9 Å². The Hall–Kier alpha value is -1.02. The SMILES string of the molecule is CCC(O)C(C)Oc1ccc(C(C)(C)CC(C)(C)C)cc1. The fraction of sp³-hybridized carbons (Fsp3) is 0.684. The highest BCUT2D eigenvalue weighted by molar-refractivity contribution is 5.32. The van der Waals surface area contributed by atoms with Gasteiger partial charge in [-0.2, -0.15) is 0 Å². The molecular formula is C19H32O2. The monoisotopic (exact) mass is 292 g/mol. The summed E-state index contributed by atoms with van der Waals surface area (Å²) in [5.41, 5.74) is 1.78. The highest BCUT2D eigenvalue weighted by atomic mass is 16.5. The standard InChI is InChI=1S/C19H32O2/c1-8-17(20)14(2)21-16-11-9-15(10-12-16)19(6,7)13-18(3,4)5/h9-12,14,17,20H,8,13H2,1-7H3. The highest BCUT2D eigenvalue weighted by Gasteiger charge is 2.27. The van der Waals surface area contributed by atoms with E-state index >= 15 is 0 Å². The summed E-state index contributed by atoms with van der Waals surface area (Å²) in [6, 6.07) is 8.31. The zero-order chi connectivity index (χ0) is 16.3. The summed E-state index contributed by atoms with van der Waals surface area (Å²) < 4.78 is 5.79. The lowest BCUT2D eigenvalue weighted by molar-refractivity contribution is 0.0451. The average molecular weight is 292 g/mol. The molecule has 120 valence electrons. The lowest BCUT2D eigenvalue weighted by Crippen LogP contribution is -2.28. The summed E-state index contributed by atoms with van der Waals surface area (Å²) in [6.07, 6.45) is 1.24.